The van der Waals surface area contributed by atoms with Gasteiger partial charge in [0.05, 0.1) is 5.69 Å². The molecule has 0 aromatic heterocycles. The van der Waals surface area contributed by atoms with Crippen LogP contribution in [0.1, 0.15) is 26.7 Å². The summed E-state index contributed by atoms with van der Waals surface area (Å²) in [5, 5.41) is 11.9. The van der Waals surface area contributed by atoms with Crippen LogP contribution in [0.2, 0.25) is 0 Å². The van der Waals surface area contributed by atoms with Gasteiger partial charge < -0.3 is 10.4 Å². The lowest BCUT2D eigenvalue weighted by Gasteiger charge is -2.30. The molecule has 0 heterocycles. The highest BCUT2D eigenvalue weighted by Gasteiger charge is 2.26. The molecular weight excluding hydrogens is 324 g/mol. The first-order valence-electron chi connectivity index (χ1n) is 8.81. The molecule has 3 rings (SSSR count). The van der Waals surface area contributed by atoms with E-state index in [4.69, 9.17) is 10.1 Å². The topological polar surface area (TPSA) is 61.7 Å². The van der Waals surface area contributed by atoms with Crippen molar-refractivity contribution < 1.29 is 9.90 Å². The van der Waals surface area contributed by atoms with E-state index in [9.17, 15) is 4.79 Å². The number of nitrogens with zero attached hydrogens (tertiary/aromatic N) is 1. The monoisotopic (exact) mass is 348 g/mol. The first-order chi connectivity index (χ1) is 12.4. The first kappa shape index (κ1) is 17.9. The van der Waals surface area contributed by atoms with Crippen molar-refractivity contribution in [2.45, 2.75) is 26.7 Å². The number of aliphatic carboxylic acids is 1. The van der Waals surface area contributed by atoms with E-state index in [0.29, 0.717) is 0 Å². The van der Waals surface area contributed by atoms with Crippen LogP contribution in [-0.2, 0) is 4.79 Å². The number of carbonyl (C=O) groups is 1. The summed E-state index contributed by atoms with van der Waals surface area (Å²) in [4.78, 5) is 15.6. The average molecular weight is 348 g/mol. The molecule has 134 valence electrons. The van der Waals surface area contributed by atoms with Crippen LogP contribution in [0.5, 0.6) is 0 Å². The van der Waals surface area contributed by atoms with Crippen molar-refractivity contribution in [1.82, 2.24) is 5.32 Å². The molecule has 1 aliphatic rings. The Morgan fingerprint density at radius 2 is 1.69 bits per heavy atom. The van der Waals surface area contributed by atoms with Gasteiger partial charge in [-0.15, -0.1) is 0 Å². The third-order valence-corrected chi connectivity index (χ3v) is 4.38. The van der Waals surface area contributed by atoms with Crippen LogP contribution in [0.15, 0.2) is 71.4 Å². The lowest BCUT2D eigenvalue weighted by Crippen LogP contribution is -2.30. The molecule has 0 saturated heterocycles. The van der Waals surface area contributed by atoms with Gasteiger partial charge in [0, 0.05) is 11.4 Å². The van der Waals surface area contributed by atoms with Gasteiger partial charge in [-0.05, 0) is 47.6 Å². The van der Waals surface area contributed by atoms with E-state index in [1.54, 1.807) is 0 Å². The molecule has 0 aliphatic heterocycles. The Morgan fingerprint density at radius 3 is 2.35 bits per heavy atom. The second-order valence-electron chi connectivity index (χ2n) is 7.45. The molecule has 4 nitrogen and oxygen atoms in total. The van der Waals surface area contributed by atoms with Crippen LogP contribution in [0.25, 0.3) is 11.1 Å². The zero-order valence-corrected chi connectivity index (χ0v) is 15.2. The first-order valence-corrected chi connectivity index (χ1v) is 8.81. The minimum absolute atomic E-state index is 0.0540. The number of nitrogens with one attached hydrogen (secondary N) is 1. The fraction of sp³-hybridized carbons (Fsp3) is 0.273. The second kappa shape index (κ2) is 7.56. The summed E-state index contributed by atoms with van der Waals surface area (Å²) in [6.07, 6.45) is 3.68. The summed E-state index contributed by atoms with van der Waals surface area (Å²) in [7, 11) is 0. The summed E-state index contributed by atoms with van der Waals surface area (Å²) >= 11 is 0. The van der Waals surface area contributed by atoms with E-state index in [2.05, 4.69) is 43.4 Å². The number of hydrogen-bond donors (Lipinski definition) is 2. The van der Waals surface area contributed by atoms with E-state index in [-0.39, 0.29) is 12.0 Å². The van der Waals surface area contributed by atoms with Crippen molar-refractivity contribution in [3.05, 3.63) is 66.4 Å². The summed E-state index contributed by atoms with van der Waals surface area (Å²) in [5.74, 6) is -0.857. The van der Waals surface area contributed by atoms with Crippen LogP contribution in [0.4, 0.5) is 5.69 Å². The molecule has 2 aromatic carbocycles. The maximum atomic E-state index is 10.8. The number of allylic oxidation sites excluding steroid dienone is 2. The number of rotatable bonds is 5. The van der Waals surface area contributed by atoms with Crippen LogP contribution >= 0.6 is 0 Å². The van der Waals surface area contributed by atoms with E-state index in [0.717, 1.165) is 35.5 Å². The molecule has 4 heteroatoms. The van der Waals surface area contributed by atoms with Crippen LogP contribution < -0.4 is 5.32 Å². The number of carboxylic acid groups (broad SMARTS) is 1. The van der Waals surface area contributed by atoms with Crippen LogP contribution in [0.3, 0.4) is 0 Å². The number of hydrogen-bond acceptors (Lipinski definition) is 3. The molecule has 0 spiro atoms. The zero-order valence-electron chi connectivity index (χ0n) is 15.2. The Morgan fingerprint density at radius 1 is 1.04 bits per heavy atom. The molecule has 0 saturated carbocycles. The SMILES string of the molecule is CC1(C)CC(NCC(=O)O)=C/C(=N/c2ccc(-c3ccccc3)cc2)C1. The molecule has 0 amide bonds. The van der Waals surface area contributed by atoms with Gasteiger partial charge in [-0.2, -0.15) is 0 Å². The molecule has 0 radical (unpaired) electrons. The van der Waals surface area contributed by atoms with Crippen LogP contribution in [-0.4, -0.2) is 23.3 Å². The normalized spacial score (nSPS) is 17.6. The lowest BCUT2D eigenvalue weighted by atomic mass is 9.78. The predicted octanol–water partition coefficient (Wildman–Crippen LogP) is 4.80. The standard InChI is InChI=1S/C22H24N2O2/c1-22(2)13-19(23-15-21(25)26)12-20(14-22)24-18-10-8-17(9-11-18)16-6-4-3-5-7-16/h3-12,23H,13-15H2,1-2H3,(H,25,26)/b24-20-. The molecule has 0 fully saturated rings. The van der Waals surface area contributed by atoms with Gasteiger partial charge in [0.1, 0.15) is 6.54 Å². The van der Waals surface area contributed by atoms with Gasteiger partial charge in [-0.25, -0.2) is 0 Å². The maximum Gasteiger partial charge on any atom is 0.322 e. The Bertz CT molecular complexity index is 834. The Labute approximate surface area is 154 Å². The summed E-state index contributed by atoms with van der Waals surface area (Å²) in [5.41, 5.74) is 5.22. The van der Waals surface area contributed by atoms with Gasteiger partial charge >= 0.3 is 5.97 Å². The second-order valence-corrected chi connectivity index (χ2v) is 7.45. The van der Waals surface area contributed by atoms with E-state index in [1.165, 1.54) is 5.56 Å². The molecule has 1 aliphatic carbocycles. The zero-order chi connectivity index (χ0) is 18.6. The van der Waals surface area contributed by atoms with Gasteiger partial charge in [0.25, 0.3) is 0 Å². The van der Waals surface area contributed by atoms with Crippen molar-refractivity contribution >= 4 is 17.4 Å². The summed E-state index contributed by atoms with van der Waals surface area (Å²) < 4.78 is 0. The van der Waals surface area contributed by atoms with Crippen molar-refractivity contribution in [3.63, 3.8) is 0 Å². The summed E-state index contributed by atoms with van der Waals surface area (Å²) in [6.45, 7) is 4.29. The molecule has 0 unspecified atom stereocenters. The number of benzene rings is 2. The van der Waals surface area contributed by atoms with E-state index in [1.807, 2.05) is 36.4 Å². The highest BCUT2D eigenvalue weighted by Crippen LogP contribution is 2.34. The highest BCUT2D eigenvalue weighted by atomic mass is 16.4. The van der Waals surface area contributed by atoms with Crippen molar-refractivity contribution in [1.29, 1.82) is 0 Å². The fourth-order valence-electron chi connectivity index (χ4n) is 3.27. The molecule has 2 N–H and O–H groups in total. The minimum Gasteiger partial charge on any atom is -0.480 e. The Kier molecular flexibility index (Phi) is 5.21. The van der Waals surface area contributed by atoms with Gasteiger partial charge in [0.2, 0.25) is 0 Å². The fourth-order valence-corrected chi connectivity index (χ4v) is 3.27. The smallest absolute Gasteiger partial charge is 0.322 e. The third kappa shape index (κ3) is 4.82. The molecule has 2 aromatic rings. The predicted molar refractivity (Wildman–Crippen MR) is 106 cm³/mol. The maximum absolute atomic E-state index is 10.8. The minimum atomic E-state index is -0.857. The van der Waals surface area contributed by atoms with Crippen molar-refractivity contribution in [2.24, 2.45) is 10.4 Å². The molecule has 26 heavy (non-hydrogen) atoms. The average Bonchev–Trinajstić information content (AvgIpc) is 2.60. The summed E-state index contributed by atoms with van der Waals surface area (Å²) in [6, 6.07) is 18.5. The van der Waals surface area contributed by atoms with Gasteiger partial charge in [0.15, 0.2) is 0 Å². The van der Waals surface area contributed by atoms with Gasteiger partial charge in [-0.3, -0.25) is 9.79 Å². The molecule has 0 bridgehead atoms. The quantitative estimate of drug-likeness (QED) is 0.815. The van der Waals surface area contributed by atoms with Crippen LogP contribution in [0, 0.1) is 5.41 Å². The highest BCUT2D eigenvalue weighted by molar-refractivity contribution is 5.98. The van der Waals surface area contributed by atoms with Crippen molar-refractivity contribution in [2.75, 3.05) is 6.54 Å². The molecule has 0 atom stereocenters. The van der Waals surface area contributed by atoms with Gasteiger partial charge in [-0.1, -0.05) is 56.3 Å². The Balaban J connectivity index is 1.81. The van der Waals surface area contributed by atoms with Crippen molar-refractivity contribution in [3.8, 4) is 11.1 Å². The lowest BCUT2D eigenvalue weighted by molar-refractivity contribution is -0.135. The number of carboxylic acids is 1. The van der Waals surface area contributed by atoms with E-state index < -0.39 is 5.97 Å². The third-order valence-electron chi connectivity index (χ3n) is 4.38. The number of aliphatic imine (C=N–C) groups is 1. The Hall–Kier alpha value is -2.88. The largest absolute Gasteiger partial charge is 0.480 e. The van der Waals surface area contributed by atoms with E-state index >= 15 is 0 Å². The molecular formula is C22H24N2O2.